The molecule has 0 bridgehead atoms. The Hall–Kier alpha value is -1.45. The SMILES string of the molecule is NCc1cc(S(=O)(=O)Nc2nncs2)cn1C1CC1. The van der Waals surface area contributed by atoms with Gasteiger partial charge in [0.15, 0.2) is 0 Å². The van der Waals surface area contributed by atoms with E-state index in [1.54, 1.807) is 12.3 Å². The van der Waals surface area contributed by atoms with Crippen molar-refractivity contribution in [3.63, 3.8) is 0 Å². The Bertz CT molecular complexity index is 673. The first-order valence-electron chi connectivity index (χ1n) is 5.80. The van der Waals surface area contributed by atoms with Gasteiger partial charge in [-0.05, 0) is 18.9 Å². The molecule has 19 heavy (non-hydrogen) atoms. The van der Waals surface area contributed by atoms with E-state index in [1.165, 1.54) is 5.51 Å². The van der Waals surface area contributed by atoms with Crippen LogP contribution >= 0.6 is 11.3 Å². The van der Waals surface area contributed by atoms with Gasteiger partial charge >= 0.3 is 0 Å². The molecule has 3 rings (SSSR count). The zero-order valence-electron chi connectivity index (χ0n) is 9.98. The van der Waals surface area contributed by atoms with Gasteiger partial charge in [0.2, 0.25) is 5.13 Å². The van der Waals surface area contributed by atoms with Crippen molar-refractivity contribution in [3.05, 3.63) is 23.5 Å². The summed E-state index contributed by atoms with van der Waals surface area (Å²) in [5, 5.41) is 7.52. The van der Waals surface area contributed by atoms with Crippen LogP contribution in [0.2, 0.25) is 0 Å². The topological polar surface area (TPSA) is 103 Å². The summed E-state index contributed by atoms with van der Waals surface area (Å²) in [5.74, 6) is 0. The average Bonchev–Trinajstić information content (AvgIpc) is 2.91. The van der Waals surface area contributed by atoms with E-state index < -0.39 is 10.0 Å². The number of anilines is 1. The summed E-state index contributed by atoms with van der Waals surface area (Å²) in [6.45, 7) is 0.324. The predicted octanol–water partition coefficient (Wildman–Crippen LogP) is 0.934. The Morgan fingerprint density at radius 2 is 2.32 bits per heavy atom. The van der Waals surface area contributed by atoms with Gasteiger partial charge in [-0.15, -0.1) is 10.2 Å². The van der Waals surface area contributed by atoms with E-state index >= 15 is 0 Å². The van der Waals surface area contributed by atoms with Crippen LogP contribution in [0.25, 0.3) is 0 Å². The van der Waals surface area contributed by atoms with Crippen LogP contribution < -0.4 is 10.5 Å². The van der Waals surface area contributed by atoms with E-state index in [-0.39, 0.29) is 10.0 Å². The minimum absolute atomic E-state index is 0.218. The molecule has 9 heteroatoms. The van der Waals surface area contributed by atoms with Crippen LogP contribution in [0, 0.1) is 0 Å². The minimum Gasteiger partial charge on any atom is -0.346 e. The molecule has 0 spiro atoms. The third-order valence-corrected chi connectivity index (χ3v) is 4.99. The second-order valence-corrected chi connectivity index (χ2v) is 6.87. The van der Waals surface area contributed by atoms with Crippen molar-refractivity contribution < 1.29 is 8.42 Å². The van der Waals surface area contributed by atoms with Gasteiger partial charge in [0, 0.05) is 24.5 Å². The molecule has 1 saturated carbocycles. The highest BCUT2D eigenvalue weighted by Gasteiger charge is 2.28. The van der Waals surface area contributed by atoms with E-state index in [2.05, 4.69) is 14.9 Å². The molecule has 0 aromatic carbocycles. The Balaban J connectivity index is 1.92. The molecule has 0 aliphatic heterocycles. The molecule has 7 nitrogen and oxygen atoms in total. The lowest BCUT2D eigenvalue weighted by Gasteiger charge is -2.03. The lowest BCUT2D eigenvalue weighted by atomic mass is 10.4. The van der Waals surface area contributed by atoms with Crippen molar-refractivity contribution in [1.29, 1.82) is 0 Å². The molecule has 2 aromatic heterocycles. The first-order chi connectivity index (χ1) is 9.10. The number of aromatic nitrogens is 3. The zero-order chi connectivity index (χ0) is 13.5. The van der Waals surface area contributed by atoms with Crippen molar-refractivity contribution in [2.45, 2.75) is 30.3 Å². The predicted molar refractivity (Wildman–Crippen MR) is 71.3 cm³/mol. The number of rotatable bonds is 5. The summed E-state index contributed by atoms with van der Waals surface area (Å²) >= 11 is 1.14. The fourth-order valence-corrected chi connectivity index (χ4v) is 3.63. The molecule has 0 atom stereocenters. The van der Waals surface area contributed by atoms with E-state index in [4.69, 9.17) is 5.73 Å². The molecule has 102 valence electrons. The van der Waals surface area contributed by atoms with E-state index in [9.17, 15) is 8.42 Å². The van der Waals surface area contributed by atoms with E-state index in [0.29, 0.717) is 12.6 Å². The highest BCUT2D eigenvalue weighted by atomic mass is 32.2. The summed E-state index contributed by atoms with van der Waals surface area (Å²) in [6.07, 6.45) is 3.79. The molecule has 3 N–H and O–H groups in total. The Morgan fingerprint density at radius 3 is 2.89 bits per heavy atom. The summed E-state index contributed by atoms with van der Waals surface area (Å²) < 4.78 is 28.7. The molecule has 1 fully saturated rings. The smallest absolute Gasteiger partial charge is 0.265 e. The maximum atomic E-state index is 12.2. The third-order valence-electron chi connectivity index (χ3n) is 2.95. The highest BCUT2D eigenvalue weighted by molar-refractivity contribution is 7.93. The van der Waals surface area contributed by atoms with E-state index in [1.807, 2.05) is 4.57 Å². The molecule has 0 amide bonds. The molecule has 2 aromatic rings. The second kappa shape index (κ2) is 4.58. The summed E-state index contributed by atoms with van der Waals surface area (Å²) in [6, 6.07) is 2.01. The van der Waals surface area contributed by atoms with Crippen LogP contribution in [0.15, 0.2) is 22.7 Å². The summed E-state index contributed by atoms with van der Waals surface area (Å²) in [7, 11) is -3.62. The van der Waals surface area contributed by atoms with Crippen LogP contribution in [-0.2, 0) is 16.6 Å². The zero-order valence-corrected chi connectivity index (χ0v) is 11.6. The number of nitrogens with one attached hydrogen (secondary N) is 1. The maximum Gasteiger partial charge on any atom is 0.265 e. The molecular weight excluding hydrogens is 286 g/mol. The van der Waals surface area contributed by atoms with Crippen molar-refractivity contribution in [3.8, 4) is 0 Å². The molecule has 0 unspecified atom stereocenters. The summed E-state index contributed by atoms with van der Waals surface area (Å²) in [5.41, 5.74) is 7.96. The van der Waals surface area contributed by atoms with Gasteiger partial charge in [0.1, 0.15) is 10.4 Å². The number of nitrogens with zero attached hydrogens (tertiary/aromatic N) is 3. The van der Waals surface area contributed by atoms with Gasteiger partial charge in [-0.25, -0.2) is 8.42 Å². The second-order valence-electron chi connectivity index (χ2n) is 4.36. The van der Waals surface area contributed by atoms with Crippen LogP contribution in [0.3, 0.4) is 0 Å². The van der Waals surface area contributed by atoms with Crippen LogP contribution in [0.5, 0.6) is 0 Å². The monoisotopic (exact) mass is 299 g/mol. The van der Waals surface area contributed by atoms with Gasteiger partial charge in [0.05, 0.1) is 0 Å². The van der Waals surface area contributed by atoms with Gasteiger partial charge in [-0.2, -0.15) is 0 Å². The highest BCUT2D eigenvalue weighted by Crippen LogP contribution is 2.37. The van der Waals surface area contributed by atoms with Gasteiger partial charge < -0.3 is 10.3 Å². The van der Waals surface area contributed by atoms with Crippen molar-refractivity contribution in [2.75, 3.05) is 4.72 Å². The molecule has 2 heterocycles. The fourth-order valence-electron chi connectivity index (χ4n) is 1.89. The Kier molecular flexibility index (Phi) is 3.03. The van der Waals surface area contributed by atoms with Crippen LogP contribution in [0.4, 0.5) is 5.13 Å². The molecular formula is C10H13N5O2S2. The van der Waals surface area contributed by atoms with Crippen LogP contribution in [0.1, 0.15) is 24.6 Å². The fraction of sp³-hybridized carbons (Fsp3) is 0.400. The Morgan fingerprint density at radius 1 is 1.53 bits per heavy atom. The quantitative estimate of drug-likeness (QED) is 0.855. The third kappa shape index (κ3) is 2.48. The van der Waals surface area contributed by atoms with Gasteiger partial charge in [-0.3, -0.25) is 4.72 Å². The van der Waals surface area contributed by atoms with Crippen molar-refractivity contribution in [1.82, 2.24) is 14.8 Å². The van der Waals surface area contributed by atoms with Gasteiger partial charge in [0.25, 0.3) is 10.0 Å². The van der Waals surface area contributed by atoms with Crippen LogP contribution in [-0.4, -0.2) is 23.2 Å². The molecule has 0 saturated heterocycles. The lowest BCUT2D eigenvalue weighted by Crippen LogP contribution is -2.12. The largest absolute Gasteiger partial charge is 0.346 e. The lowest BCUT2D eigenvalue weighted by molar-refractivity contribution is 0.600. The van der Waals surface area contributed by atoms with E-state index in [0.717, 1.165) is 29.9 Å². The number of hydrogen-bond acceptors (Lipinski definition) is 6. The molecule has 1 aliphatic carbocycles. The molecule has 0 radical (unpaired) electrons. The van der Waals surface area contributed by atoms with Gasteiger partial charge in [-0.1, -0.05) is 11.3 Å². The first kappa shape index (κ1) is 12.6. The first-order valence-corrected chi connectivity index (χ1v) is 8.16. The normalized spacial score (nSPS) is 15.6. The number of sulfonamides is 1. The summed E-state index contributed by atoms with van der Waals surface area (Å²) in [4.78, 5) is 0.218. The minimum atomic E-state index is -3.62. The van der Waals surface area contributed by atoms with Crippen molar-refractivity contribution >= 4 is 26.5 Å². The standard InChI is InChI=1S/C10H13N5O2S2/c11-4-8-3-9(5-15(8)7-1-2-7)19(16,17)14-10-13-12-6-18-10/h3,5-7H,1-2,4,11H2,(H,13,14). The number of hydrogen-bond donors (Lipinski definition) is 2. The molecule has 1 aliphatic rings. The maximum absolute atomic E-state index is 12.2. The number of nitrogens with two attached hydrogens (primary N) is 1. The average molecular weight is 299 g/mol. The Labute approximate surface area is 114 Å². The van der Waals surface area contributed by atoms with Crippen molar-refractivity contribution in [2.24, 2.45) is 5.73 Å².